The van der Waals surface area contributed by atoms with Crippen LogP contribution < -0.4 is 16.0 Å². The van der Waals surface area contributed by atoms with Crippen molar-refractivity contribution in [3.8, 4) is 0 Å². The molecule has 122 valence electrons. The van der Waals surface area contributed by atoms with E-state index in [2.05, 4.69) is 26.1 Å². The Hall–Kier alpha value is -2.13. The number of carbonyl (C=O) groups excluding carboxylic acids is 2. The second-order valence-electron chi connectivity index (χ2n) is 4.56. The fourth-order valence-corrected chi connectivity index (χ4v) is 3.23. The predicted octanol–water partition coefficient (Wildman–Crippen LogP) is 2.53. The number of aryl methyl sites for hydroxylation is 1. The Morgan fingerprint density at radius 2 is 2.13 bits per heavy atom. The molecule has 0 radical (unpaired) electrons. The Kier molecular flexibility index (Phi) is 6.36. The minimum absolute atomic E-state index is 0.107. The fourth-order valence-electron chi connectivity index (χ4n) is 1.66. The van der Waals surface area contributed by atoms with Crippen molar-refractivity contribution in [2.45, 2.75) is 18.2 Å². The van der Waals surface area contributed by atoms with Crippen molar-refractivity contribution < 1.29 is 9.59 Å². The van der Waals surface area contributed by atoms with Gasteiger partial charge in [0.25, 0.3) is 0 Å². The summed E-state index contributed by atoms with van der Waals surface area (Å²) in [6.07, 6.45) is 0. The molecule has 0 atom stereocenters. The molecule has 1 aromatic heterocycles. The van der Waals surface area contributed by atoms with E-state index in [4.69, 9.17) is 0 Å². The number of nitrogens with one attached hydrogen (secondary N) is 3. The zero-order valence-corrected chi connectivity index (χ0v) is 14.4. The largest absolute Gasteiger partial charge is 0.338 e. The van der Waals surface area contributed by atoms with Gasteiger partial charge in [0, 0.05) is 12.2 Å². The van der Waals surface area contributed by atoms with Crippen LogP contribution in [0.25, 0.3) is 0 Å². The molecule has 2 rings (SSSR count). The van der Waals surface area contributed by atoms with Crippen molar-refractivity contribution in [2.24, 2.45) is 0 Å². The number of amides is 3. The Morgan fingerprint density at radius 1 is 1.30 bits per heavy atom. The van der Waals surface area contributed by atoms with E-state index in [0.29, 0.717) is 16.0 Å². The number of hydrogen-bond donors (Lipinski definition) is 3. The number of benzene rings is 1. The van der Waals surface area contributed by atoms with Gasteiger partial charge < -0.3 is 10.6 Å². The third kappa shape index (κ3) is 5.87. The first-order valence-electron chi connectivity index (χ1n) is 6.94. The summed E-state index contributed by atoms with van der Waals surface area (Å²) >= 11 is 2.59. The number of carbonyl (C=O) groups is 2. The number of nitrogens with zero attached hydrogens (tertiary/aromatic N) is 2. The lowest BCUT2D eigenvalue weighted by molar-refractivity contribution is -0.117. The lowest BCUT2D eigenvalue weighted by Crippen LogP contribution is -2.40. The summed E-state index contributed by atoms with van der Waals surface area (Å²) in [5, 5.41) is 16.6. The maximum absolute atomic E-state index is 11.6. The molecule has 1 aromatic carbocycles. The molecule has 3 amide bonds. The van der Waals surface area contributed by atoms with Crippen molar-refractivity contribution in [3.63, 3.8) is 0 Å². The van der Waals surface area contributed by atoms with Gasteiger partial charge in [0.1, 0.15) is 0 Å². The highest BCUT2D eigenvalue weighted by atomic mass is 32.2. The van der Waals surface area contributed by atoms with Crippen LogP contribution in [0.15, 0.2) is 28.6 Å². The third-order valence-corrected chi connectivity index (χ3v) is 4.56. The van der Waals surface area contributed by atoms with Crippen molar-refractivity contribution >= 4 is 45.9 Å². The molecule has 1 heterocycles. The van der Waals surface area contributed by atoms with Gasteiger partial charge in [-0.3, -0.25) is 10.1 Å². The Labute approximate surface area is 142 Å². The monoisotopic (exact) mass is 351 g/mol. The second kappa shape index (κ2) is 8.49. The predicted molar refractivity (Wildman–Crippen MR) is 92.3 cm³/mol. The van der Waals surface area contributed by atoms with E-state index < -0.39 is 6.03 Å². The molecule has 3 N–H and O–H groups in total. The third-order valence-electron chi connectivity index (χ3n) is 2.59. The van der Waals surface area contributed by atoms with Crippen LogP contribution in [0.3, 0.4) is 0 Å². The number of aromatic nitrogens is 2. The summed E-state index contributed by atoms with van der Waals surface area (Å²) in [4.78, 5) is 22.8. The van der Waals surface area contributed by atoms with Gasteiger partial charge in [-0.1, -0.05) is 35.2 Å². The summed E-state index contributed by atoms with van der Waals surface area (Å²) in [6, 6.07) is 7.44. The summed E-state index contributed by atoms with van der Waals surface area (Å²) in [7, 11) is 0. The van der Waals surface area contributed by atoms with Crippen LogP contribution in [0.1, 0.15) is 12.5 Å². The first-order chi connectivity index (χ1) is 11.1. The van der Waals surface area contributed by atoms with Gasteiger partial charge in [-0.05, 0) is 31.5 Å². The van der Waals surface area contributed by atoms with Crippen LogP contribution in [0.5, 0.6) is 0 Å². The van der Waals surface area contributed by atoms with Gasteiger partial charge in [0.2, 0.25) is 11.0 Å². The van der Waals surface area contributed by atoms with Crippen molar-refractivity contribution in [1.82, 2.24) is 20.8 Å². The molecule has 2 aromatic rings. The molecule has 9 heteroatoms. The van der Waals surface area contributed by atoms with Crippen molar-refractivity contribution in [1.29, 1.82) is 0 Å². The summed E-state index contributed by atoms with van der Waals surface area (Å²) in [5.74, 6) is -0.264. The molecular weight excluding hydrogens is 334 g/mol. The number of anilines is 2. The highest BCUT2D eigenvalue weighted by molar-refractivity contribution is 8.01. The smallest absolute Gasteiger partial charge is 0.321 e. The fraction of sp³-hybridized carbons (Fsp3) is 0.286. The van der Waals surface area contributed by atoms with E-state index >= 15 is 0 Å². The zero-order chi connectivity index (χ0) is 16.7. The molecule has 0 spiro atoms. The van der Waals surface area contributed by atoms with E-state index in [-0.39, 0.29) is 11.7 Å². The Bertz CT molecular complexity index is 689. The Balaban J connectivity index is 1.83. The van der Waals surface area contributed by atoms with Crippen molar-refractivity contribution in [3.05, 3.63) is 29.8 Å². The van der Waals surface area contributed by atoms with Crippen LogP contribution >= 0.6 is 23.1 Å². The van der Waals surface area contributed by atoms with Gasteiger partial charge in [-0.15, -0.1) is 10.2 Å². The van der Waals surface area contributed by atoms with Crippen LogP contribution in [0, 0.1) is 6.92 Å². The second-order valence-corrected chi connectivity index (χ2v) is 6.76. The van der Waals surface area contributed by atoms with E-state index in [1.807, 2.05) is 31.2 Å². The molecule has 0 unspecified atom stereocenters. The molecule has 23 heavy (non-hydrogen) atoms. The maximum atomic E-state index is 11.6. The number of hydrogen-bond acceptors (Lipinski definition) is 7. The van der Waals surface area contributed by atoms with Crippen LogP contribution in [0.2, 0.25) is 0 Å². The minimum atomic E-state index is -0.489. The molecule has 0 saturated carbocycles. The van der Waals surface area contributed by atoms with E-state index in [1.54, 1.807) is 6.92 Å². The Morgan fingerprint density at radius 3 is 2.87 bits per heavy atom. The molecule has 0 aliphatic heterocycles. The summed E-state index contributed by atoms with van der Waals surface area (Å²) < 4.78 is 0.659. The number of rotatable bonds is 6. The minimum Gasteiger partial charge on any atom is -0.338 e. The topological polar surface area (TPSA) is 96.0 Å². The zero-order valence-electron chi connectivity index (χ0n) is 12.8. The highest BCUT2D eigenvalue weighted by Gasteiger charge is 2.10. The van der Waals surface area contributed by atoms with E-state index in [0.717, 1.165) is 11.3 Å². The van der Waals surface area contributed by atoms with Gasteiger partial charge in [-0.2, -0.15) is 0 Å². The molecule has 0 fully saturated rings. The van der Waals surface area contributed by atoms with Gasteiger partial charge >= 0.3 is 6.03 Å². The first kappa shape index (κ1) is 17.2. The maximum Gasteiger partial charge on any atom is 0.321 e. The summed E-state index contributed by atoms with van der Waals surface area (Å²) in [5.41, 5.74) is 2.09. The van der Waals surface area contributed by atoms with Crippen LogP contribution in [-0.2, 0) is 4.79 Å². The number of thioether (sulfide) groups is 1. The van der Waals surface area contributed by atoms with E-state index in [1.165, 1.54) is 23.1 Å². The van der Waals surface area contributed by atoms with Crippen molar-refractivity contribution in [2.75, 3.05) is 17.6 Å². The molecule has 7 nitrogen and oxygen atoms in total. The van der Waals surface area contributed by atoms with Crippen LogP contribution in [-0.4, -0.2) is 34.4 Å². The van der Waals surface area contributed by atoms with Gasteiger partial charge in [-0.25, -0.2) is 4.79 Å². The SMILES string of the molecule is CCNC(=O)NC(=O)CSc1nnc(Nc2cccc(C)c2)s1. The normalized spacial score (nSPS) is 10.2. The average Bonchev–Trinajstić information content (AvgIpc) is 2.93. The van der Waals surface area contributed by atoms with E-state index in [9.17, 15) is 9.59 Å². The van der Waals surface area contributed by atoms with Crippen LogP contribution in [0.4, 0.5) is 15.6 Å². The molecule has 0 aliphatic carbocycles. The quantitative estimate of drug-likeness (QED) is 0.692. The number of urea groups is 1. The molecule has 0 aliphatic rings. The molecular formula is C14H17N5O2S2. The molecule has 0 saturated heterocycles. The number of imide groups is 1. The highest BCUT2D eigenvalue weighted by Crippen LogP contribution is 2.27. The molecule has 0 bridgehead atoms. The average molecular weight is 351 g/mol. The lowest BCUT2D eigenvalue weighted by atomic mass is 10.2. The summed E-state index contributed by atoms with van der Waals surface area (Å²) in [6.45, 7) is 4.26. The van der Waals surface area contributed by atoms with Gasteiger partial charge in [0.15, 0.2) is 4.34 Å². The van der Waals surface area contributed by atoms with Gasteiger partial charge in [0.05, 0.1) is 5.75 Å². The lowest BCUT2D eigenvalue weighted by Gasteiger charge is -2.03. The standard InChI is InChI=1S/C14H17N5O2S2/c1-3-15-12(21)17-11(20)8-22-14-19-18-13(23-14)16-10-6-4-5-9(2)7-10/h4-7H,3,8H2,1-2H3,(H,16,18)(H2,15,17,20,21). The first-order valence-corrected chi connectivity index (χ1v) is 8.74.